The Kier molecular flexibility index (Phi) is 9.94. The highest BCUT2D eigenvalue weighted by atomic mass is 35.5. The van der Waals surface area contributed by atoms with Crippen molar-refractivity contribution in [3.8, 4) is 0 Å². The van der Waals surface area contributed by atoms with E-state index in [2.05, 4.69) is 5.32 Å². The predicted molar refractivity (Wildman–Crippen MR) is 152 cm³/mol. The van der Waals surface area contributed by atoms with E-state index in [1.165, 1.54) is 17.0 Å². The van der Waals surface area contributed by atoms with Crippen molar-refractivity contribution < 1.29 is 18.0 Å². The van der Waals surface area contributed by atoms with E-state index in [4.69, 9.17) is 11.6 Å². The second kappa shape index (κ2) is 12.9. The molecular formula is C29H34ClN3O4S. The molecule has 1 atom stereocenters. The molecule has 0 aliphatic heterocycles. The number of hydrogen-bond acceptors (Lipinski definition) is 4. The normalized spacial score (nSPS) is 12.0. The standard InChI is InChI=1S/C29H34ClN3O4S/c1-5-27(29(35)31-6-2)32(19-23-10-8-7-9-11-23)28(34)20-33(24-15-14-22(4)26(30)18-24)38(36,37)25-16-12-21(3)13-17-25/h7-18,27H,5-6,19-20H2,1-4H3,(H,31,35). The van der Waals surface area contributed by atoms with Crippen LogP contribution in [0.25, 0.3) is 0 Å². The van der Waals surface area contributed by atoms with Crippen molar-refractivity contribution in [3.05, 3.63) is 94.5 Å². The summed E-state index contributed by atoms with van der Waals surface area (Å²) in [6.45, 7) is 7.39. The van der Waals surface area contributed by atoms with Crippen LogP contribution in [-0.4, -0.2) is 44.3 Å². The van der Waals surface area contributed by atoms with Crippen LogP contribution in [0.5, 0.6) is 0 Å². The van der Waals surface area contributed by atoms with E-state index in [1.54, 1.807) is 30.3 Å². The zero-order valence-corrected chi connectivity index (χ0v) is 23.7. The van der Waals surface area contributed by atoms with Gasteiger partial charge in [-0.15, -0.1) is 0 Å². The predicted octanol–water partition coefficient (Wildman–Crippen LogP) is 5.10. The highest BCUT2D eigenvalue weighted by Gasteiger charge is 2.33. The van der Waals surface area contributed by atoms with E-state index in [0.29, 0.717) is 18.0 Å². The van der Waals surface area contributed by atoms with Crippen LogP contribution in [-0.2, 0) is 26.2 Å². The summed E-state index contributed by atoms with van der Waals surface area (Å²) in [6, 6.07) is 19.9. The molecule has 7 nitrogen and oxygen atoms in total. The Bertz CT molecular complexity index is 1360. The van der Waals surface area contributed by atoms with E-state index in [9.17, 15) is 18.0 Å². The minimum atomic E-state index is -4.14. The molecule has 0 fully saturated rings. The number of aryl methyl sites for hydroxylation is 2. The van der Waals surface area contributed by atoms with Gasteiger partial charge in [-0.3, -0.25) is 13.9 Å². The average molecular weight is 556 g/mol. The van der Waals surface area contributed by atoms with Crippen LogP contribution in [0.3, 0.4) is 0 Å². The van der Waals surface area contributed by atoms with Crippen molar-refractivity contribution in [2.75, 3.05) is 17.4 Å². The molecule has 0 radical (unpaired) electrons. The zero-order valence-electron chi connectivity index (χ0n) is 22.1. The summed E-state index contributed by atoms with van der Waals surface area (Å²) in [7, 11) is -4.14. The summed E-state index contributed by atoms with van der Waals surface area (Å²) >= 11 is 6.36. The maximum atomic E-state index is 13.9. The smallest absolute Gasteiger partial charge is 0.264 e. The quantitative estimate of drug-likeness (QED) is 0.357. The lowest BCUT2D eigenvalue weighted by atomic mass is 10.1. The number of amides is 2. The molecule has 0 aromatic heterocycles. The Labute approximate surface area is 230 Å². The second-order valence-electron chi connectivity index (χ2n) is 9.08. The van der Waals surface area contributed by atoms with Gasteiger partial charge in [-0.25, -0.2) is 8.42 Å². The van der Waals surface area contributed by atoms with E-state index in [1.807, 2.05) is 58.0 Å². The lowest BCUT2D eigenvalue weighted by molar-refractivity contribution is -0.140. The summed E-state index contributed by atoms with van der Waals surface area (Å²) in [5, 5.41) is 3.18. The van der Waals surface area contributed by atoms with E-state index >= 15 is 0 Å². The Morgan fingerprint density at radius 1 is 0.947 bits per heavy atom. The number of hydrogen-bond donors (Lipinski definition) is 1. The van der Waals surface area contributed by atoms with Gasteiger partial charge in [0.1, 0.15) is 12.6 Å². The fourth-order valence-corrected chi connectivity index (χ4v) is 5.68. The van der Waals surface area contributed by atoms with Crippen LogP contribution in [0.2, 0.25) is 5.02 Å². The first-order valence-corrected chi connectivity index (χ1v) is 14.4. The minimum Gasteiger partial charge on any atom is -0.355 e. The Balaban J connectivity index is 2.07. The Morgan fingerprint density at radius 2 is 1.61 bits per heavy atom. The third-order valence-electron chi connectivity index (χ3n) is 6.26. The largest absolute Gasteiger partial charge is 0.355 e. The Hall–Kier alpha value is -3.36. The first kappa shape index (κ1) is 29.2. The number of halogens is 1. The van der Waals surface area contributed by atoms with Crippen molar-refractivity contribution in [1.29, 1.82) is 0 Å². The number of benzene rings is 3. The maximum Gasteiger partial charge on any atom is 0.264 e. The number of nitrogens with one attached hydrogen (secondary N) is 1. The third-order valence-corrected chi connectivity index (χ3v) is 8.46. The third kappa shape index (κ3) is 6.94. The number of nitrogens with zero attached hydrogens (tertiary/aromatic N) is 2. The van der Waals surface area contributed by atoms with Crippen LogP contribution >= 0.6 is 11.6 Å². The molecule has 38 heavy (non-hydrogen) atoms. The van der Waals surface area contributed by atoms with E-state index in [-0.39, 0.29) is 23.0 Å². The van der Waals surface area contributed by atoms with Crippen LogP contribution in [0.1, 0.15) is 37.0 Å². The molecule has 0 aliphatic rings. The fourth-order valence-electron chi connectivity index (χ4n) is 4.09. The van der Waals surface area contributed by atoms with Gasteiger partial charge in [0.05, 0.1) is 10.6 Å². The first-order chi connectivity index (χ1) is 18.1. The van der Waals surface area contributed by atoms with Gasteiger partial charge in [0.2, 0.25) is 11.8 Å². The monoisotopic (exact) mass is 555 g/mol. The van der Waals surface area contributed by atoms with Crippen molar-refractivity contribution in [2.24, 2.45) is 0 Å². The van der Waals surface area contributed by atoms with Gasteiger partial charge in [0.15, 0.2) is 0 Å². The van der Waals surface area contributed by atoms with Crippen LogP contribution in [0.15, 0.2) is 77.7 Å². The lowest BCUT2D eigenvalue weighted by Gasteiger charge is -2.33. The van der Waals surface area contributed by atoms with Crippen molar-refractivity contribution in [2.45, 2.75) is 51.6 Å². The van der Waals surface area contributed by atoms with Crippen LogP contribution in [0, 0.1) is 13.8 Å². The molecule has 3 aromatic carbocycles. The van der Waals surface area contributed by atoms with Crippen molar-refractivity contribution in [3.63, 3.8) is 0 Å². The summed E-state index contributed by atoms with van der Waals surface area (Å²) in [5.74, 6) is -0.787. The SMILES string of the molecule is CCNC(=O)C(CC)N(Cc1ccccc1)C(=O)CN(c1ccc(C)c(Cl)c1)S(=O)(=O)c1ccc(C)cc1. The molecule has 3 aromatic rings. The molecule has 3 rings (SSSR count). The summed E-state index contributed by atoms with van der Waals surface area (Å²) in [6.07, 6.45) is 0.367. The van der Waals surface area contributed by atoms with Crippen LogP contribution in [0.4, 0.5) is 5.69 Å². The van der Waals surface area contributed by atoms with Crippen molar-refractivity contribution in [1.82, 2.24) is 10.2 Å². The molecule has 0 saturated heterocycles. The van der Waals surface area contributed by atoms with Gasteiger partial charge in [-0.05, 0) is 62.6 Å². The van der Waals surface area contributed by atoms with Gasteiger partial charge in [0, 0.05) is 18.1 Å². The molecule has 1 unspecified atom stereocenters. The second-order valence-corrected chi connectivity index (χ2v) is 11.4. The lowest BCUT2D eigenvalue weighted by Crippen LogP contribution is -2.52. The average Bonchev–Trinajstić information content (AvgIpc) is 2.89. The molecule has 0 aliphatic carbocycles. The number of sulfonamides is 1. The maximum absolute atomic E-state index is 13.9. The van der Waals surface area contributed by atoms with E-state index in [0.717, 1.165) is 21.0 Å². The molecule has 2 amide bonds. The van der Waals surface area contributed by atoms with Gasteiger partial charge in [-0.1, -0.05) is 72.6 Å². The number of carbonyl (C=O) groups excluding carboxylic acids is 2. The molecule has 1 N–H and O–H groups in total. The molecule has 0 heterocycles. The number of likely N-dealkylation sites (N-methyl/N-ethyl adjacent to an activating group) is 1. The summed E-state index contributed by atoms with van der Waals surface area (Å²) in [5.41, 5.74) is 2.78. The number of anilines is 1. The summed E-state index contributed by atoms with van der Waals surface area (Å²) < 4.78 is 28.8. The van der Waals surface area contributed by atoms with Gasteiger partial charge in [0.25, 0.3) is 10.0 Å². The van der Waals surface area contributed by atoms with Gasteiger partial charge >= 0.3 is 0 Å². The number of carbonyl (C=O) groups is 2. The highest BCUT2D eigenvalue weighted by molar-refractivity contribution is 7.92. The Morgan fingerprint density at radius 3 is 2.18 bits per heavy atom. The fraction of sp³-hybridized carbons (Fsp3) is 0.310. The molecule has 0 spiro atoms. The molecule has 0 bridgehead atoms. The molecule has 9 heteroatoms. The molecular weight excluding hydrogens is 522 g/mol. The van der Waals surface area contributed by atoms with Gasteiger partial charge < -0.3 is 10.2 Å². The molecule has 202 valence electrons. The number of rotatable bonds is 11. The van der Waals surface area contributed by atoms with Crippen molar-refractivity contribution >= 4 is 39.1 Å². The summed E-state index contributed by atoms with van der Waals surface area (Å²) in [4.78, 5) is 28.4. The zero-order chi connectivity index (χ0) is 27.9. The van der Waals surface area contributed by atoms with Gasteiger partial charge in [-0.2, -0.15) is 0 Å². The highest BCUT2D eigenvalue weighted by Crippen LogP contribution is 2.29. The minimum absolute atomic E-state index is 0.0537. The first-order valence-electron chi connectivity index (χ1n) is 12.5. The topological polar surface area (TPSA) is 86.8 Å². The van der Waals surface area contributed by atoms with E-state index < -0.39 is 28.5 Å². The van der Waals surface area contributed by atoms with Crippen LogP contribution < -0.4 is 9.62 Å². The molecule has 0 saturated carbocycles.